The van der Waals surface area contributed by atoms with Gasteiger partial charge in [-0.3, -0.25) is 4.79 Å². The fourth-order valence-electron chi connectivity index (χ4n) is 3.52. The van der Waals surface area contributed by atoms with Crippen LogP contribution in [0.4, 0.5) is 0 Å². The van der Waals surface area contributed by atoms with E-state index in [1.54, 1.807) is 0 Å². The van der Waals surface area contributed by atoms with E-state index in [1.807, 2.05) is 0 Å². The van der Waals surface area contributed by atoms with Crippen molar-refractivity contribution in [3.8, 4) is 0 Å². The first-order valence-electron chi connectivity index (χ1n) is 6.10. The quantitative estimate of drug-likeness (QED) is 0.614. The summed E-state index contributed by atoms with van der Waals surface area (Å²) in [5.74, 6) is 1.35. The average Bonchev–Trinajstić information content (AvgIpc) is 2.19. The first kappa shape index (κ1) is 11.1. The van der Waals surface area contributed by atoms with E-state index in [-0.39, 0.29) is 11.0 Å². The number of ketones is 1. The van der Waals surface area contributed by atoms with Gasteiger partial charge in [0.05, 0.1) is 17.6 Å². The summed E-state index contributed by atoms with van der Waals surface area (Å²) in [5.41, 5.74) is -0.497. The molecule has 2 fully saturated rings. The summed E-state index contributed by atoms with van der Waals surface area (Å²) in [4.78, 5) is 12.2. The summed E-state index contributed by atoms with van der Waals surface area (Å²) in [5, 5.41) is 0. The topological polar surface area (TPSA) is 26.3 Å². The highest BCUT2D eigenvalue weighted by Crippen LogP contribution is 2.55. The molecule has 0 radical (unpaired) electrons. The van der Waals surface area contributed by atoms with Gasteiger partial charge in [-0.15, -0.1) is 0 Å². The monoisotopic (exact) mass is 210 g/mol. The third kappa shape index (κ3) is 1.24. The van der Waals surface area contributed by atoms with Gasteiger partial charge < -0.3 is 4.74 Å². The zero-order valence-electron chi connectivity index (χ0n) is 10.3. The van der Waals surface area contributed by atoms with Gasteiger partial charge in [-0.2, -0.15) is 0 Å². The Morgan fingerprint density at radius 3 is 2.40 bits per heavy atom. The van der Waals surface area contributed by atoms with E-state index < -0.39 is 0 Å². The highest BCUT2D eigenvalue weighted by Gasteiger charge is 2.60. The van der Waals surface area contributed by atoms with Gasteiger partial charge in [0.25, 0.3) is 0 Å². The minimum Gasteiger partial charge on any atom is -0.374 e. The summed E-state index contributed by atoms with van der Waals surface area (Å²) < 4.78 is 6.00. The number of ether oxygens (including phenoxy) is 1. The van der Waals surface area contributed by atoms with Crippen LogP contribution in [0.3, 0.4) is 0 Å². The minimum atomic E-state index is -0.261. The van der Waals surface area contributed by atoms with Crippen LogP contribution >= 0.6 is 0 Å². The number of carbonyl (C=O) groups excluding carboxylic acids is 1. The zero-order valence-corrected chi connectivity index (χ0v) is 10.3. The number of carbonyl (C=O) groups is 1. The molecule has 1 aliphatic heterocycles. The van der Waals surface area contributed by atoms with Crippen LogP contribution in [0.25, 0.3) is 0 Å². The lowest BCUT2D eigenvalue weighted by Gasteiger charge is -2.57. The number of rotatable bonds is 0. The van der Waals surface area contributed by atoms with E-state index >= 15 is 0 Å². The summed E-state index contributed by atoms with van der Waals surface area (Å²) in [6.45, 7) is 9.31. The van der Waals surface area contributed by atoms with Gasteiger partial charge in [0.15, 0.2) is 0 Å². The number of fused-ring (bicyclic) bond motifs is 1. The maximum absolute atomic E-state index is 12.2. The van der Waals surface area contributed by atoms with Crippen LogP contribution in [0.15, 0.2) is 0 Å². The molecule has 86 valence electrons. The molecule has 2 rings (SSSR count). The van der Waals surface area contributed by atoms with Gasteiger partial charge in [0.1, 0.15) is 5.78 Å². The summed E-state index contributed by atoms with van der Waals surface area (Å²) in [6, 6.07) is 0. The molecule has 1 saturated heterocycles. The Balaban J connectivity index is 2.45. The number of hydrogen-bond donors (Lipinski definition) is 0. The lowest BCUT2D eigenvalue weighted by Crippen LogP contribution is -2.63. The molecular formula is C13H22O2. The van der Waals surface area contributed by atoms with Crippen molar-refractivity contribution in [2.45, 2.75) is 52.6 Å². The Morgan fingerprint density at radius 1 is 1.20 bits per heavy atom. The molecule has 1 saturated carbocycles. The molecule has 1 aliphatic carbocycles. The van der Waals surface area contributed by atoms with Crippen LogP contribution < -0.4 is 0 Å². The van der Waals surface area contributed by atoms with Crippen LogP contribution in [0.1, 0.15) is 47.0 Å². The largest absolute Gasteiger partial charge is 0.374 e. The van der Waals surface area contributed by atoms with Crippen molar-refractivity contribution in [3.63, 3.8) is 0 Å². The molecule has 4 unspecified atom stereocenters. The van der Waals surface area contributed by atoms with E-state index in [1.165, 1.54) is 6.42 Å². The summed E-state index contributed by atoms with van der Waals surface area (Å²) >= 11 is 0. The summed E-state index contributed by atoms with van der Waals surface area (Å²) in [6.07, 6.45) is 2.94. The standard InChI is InChI=1S/C13H22O2/c1-9-5-6-10(2)13(4)12(9,3)11(14)7-8-15-13/h9-10H,5-8H2,1-4H3. The Kier molecular flexibility index (Phi) is 2.45. The van der Waals surface area contributed by atoms with E-state index in [4.69, 9.17) is 4.74 Å². The predicted octanol–water partition coefficient (Wildman–Crippen LogP) is 2.81. The van der Waals surface area contributed by atoms with Crippen molar-refractivity contribution in [3.05, 3.63) is 0 Å². The molecule has 1 heterocycles. The van der Waals surface area contributed by atoms with Gasteiger partial charge in [0.2, 0.25) is 0 Å². The highest BCUT2D eigenvalue weighted by molar-refractivity contribution is 5.87. The van der Waals surface area contributed by atoms with E-state index in [9.17, 15) is 4.79 Å². The molecule has 0 amide bonds. The molecule has 4 atom stereocenters. The van der Waals surface area contributed by atoms with Crippen molar-refractivity contribution in [2.24, 2.45) is 17.3 Å². The van der Waals surface area contributed by atoms with Crippen molar-refractivity contribution in [1.82, 2.24) is 0 Å². The molecule has 0 spiro atoms. The molecule has 0 aromatic rings. The normalized spacial score (nSPS) is 51.3. The maximum atomic E-state index is 12.2. The fraction of sp³-hybridized carbons (Fsp3) is 0.923. The van der Waals surface area contributed by atoms with E-state index in [0.717, 1.165) is 6.42 Å². The summed E-state index contributed by atoms with van der Waals surface area (Å²) in [7, 11) is 0. The second-order valence-corrected chi connectivity index (χ2v) is 5.71. The van der Waals surface area contributed by atoms with E-state index in [0.29, 0.717) is 30.6 Å². The molecule has 2 heteroatoms. The molecule has 0 N–H and O–H groups in total. The van der Waals surface area contributed by atoms with Crippen LogP contribution in [0.2, 0.25) is 0 Å². The molecule has 0 aromatic heterocycles. The lowest BCUT2D eigenvalue weighted by atomic mass is 9.53. The Hall–Kier alpha value is -0.370. The number of Topliss-reactive ketones (excluding diaryl/α,β-unsaturated/α-hetero) is 1. The van der Waals surface area contributed by atoms with Crippen LogP contribution in [-0.2, 0) is 9.53 Å². The highest BCUT2D eigenvalue weighted by atomic mass is 16.5. The van der Waals surface area contributed by atoms with Crippen molar-refractivity contribution < 1.29 is 9.53 Å². The van der Waals surface area contributed by atoms with Gasteiger partial charge in [-0.05, 0) is 38.5 Å². The third-order valence-corrected chi connectivity index (χ3v) is 5.30. The average molecular weight is 210 g/mol. The SMILES string of the molecule is CC1CCC(C)C2(C)C(=O)CCOC12C. The Labute approximate surface area is 92.4 Å². The predicted molar refractivity (Wildman–Crippen MR) is 59.7 cm³/mol. The first-order chi connectivity index (χ1) is 6.93. The van der Waals surface area contributed by atoms with Gasteiger partial charge >= 0.3 is 0 Å². The maximum Gasteiger partial charge on any atom is 0.144 e. The number of hydrogen-bond acceptors (Lipinski definition) is 2. The Bertz CT molecular complexity index is 286. The van der Waals surface area contributed by atoms with Crippen LogP contribution in [0.5, 0.6) is 0 Å². The van der Waals surface area contributed by atoms with Gasteiger partial charge in [0, 0.05) is 6.42 Å². The fourth-order valence-corrected chi connectivity index (χ4v) is 3.52. The Morgan fingerprint density at radius 2 is 1.80 bits per heavy atom. The molecule has 0 aromatic carbocycles. The molecule has 15 heavy (non-hydrogen) atoms. The van der Waals surface area contributed by atoms with E-state index in [2.05, 4.69) is 27.7 Å². The van der Waals surface area contributed by atoms with Crippen molar-refractivity contribution in [2.75, 3.05) is 6.61 Å². The molecular weight excluding hydrogens is 188 g/mol. The second-order valence-electron chi connectivity index (χ2n) is 5.71. The smallest absolute Gasteiger partial charge is 0.144 e. The first-order valence-corrected chi connectivity index (χ1v) is 6.10. The minimum absolute atomic E-state index is 0.236. The molecule has 0 bridgehead atoms. The van der Waals surface area contributed by atoms with Crippen molar-refractivity contribution in [1.29, 1.82) is 0 Å². The second kappa shape index (κ2) is 3.31. The van der Waals surface area contributed by atoms with Gasteiger partial charge in [-0.1, -0.05) is 13.8 Å². The zero-order chi connectivity index (χ0) is 11.3. The van der Waals surface area contributed by atoms with Crippen LogP contribution in [0, 0.1) is 17.3 Å². The lowest BCUT2D eigenvalue weighted by molar-refractivity contribution is -0.212. The van der Waals surface area contributed by atoms with Crippen LogP contribution in [-0.4, -0.2) is 18.0 Å². The molecule has 2 nitrogen and oxygen atoms in total. The van der Waals surface area contributed by atoms with Crippen molar-refractivity contribution >= 4 is 5.78 Å². The van der Waals surface area contributed by atoms with Gasteiger partial charge in [-0.25, -0.2) is 0 Å². The third-order valence-electron chi connectivity index (χ3n) is 5.30. The molecule has 2 aliphatic rings.